The lowest BCUT2D eigenvalue weighted by atomic mass is 9.78. The zero-order valence-corrected chi connectivity index (χ0v) is 29.0. The predicted octanol–water partition coefficient (Wildman–Crippen LogP) is 9.87. The number of carbonyl (C=O) groups is 4. The van der Waals surface area contributed by atoms with Gasteiger partial charge in [0.2, 0.25) is 0 Å². The van der Waals surface area contributed by atoms with Crippen LogP contribution in [0.1, 0.15) is 108 Å². The Labute approximate surface area is 278 Å². The van der Waals surface area contributed by atoms with Gasteiger partial charge in [0.1, 0.15) is 23.0 Å². The molecule has 0 radical (unpaired) electrons. The van der Waals surface area contributed by atoms with Crippen LogP contribution >= 0.6 is 0 Å². The van der Waals surface area contributed by atoms with Crippen molar-refractivity contribution >= 4 is 24.5 Å². The minimum atomic E-state index is -0.675. The van der Waals surface area contributed by atoms with Gasteiger partial charge in [-0.15, -0.1) is 0 Å². The third kappa shape index (κ3) is 10.5. The van der Waals surface area contributed by atoms with Crippen molar-refractivity contribution in [2.24, 2.45) is 0 Å². The minimum absolute atomic E-state index is 0.194. The molecule has 47 heavy (non-hydrogen) atoms. The Balaban J connectivity index is 0.00000112. The van der Waals surface area contributed by atoms with E-state index in [1.54, 1.807) is 32.4 Å². The highest BCUT2D eigenvalue weighted by molar-refractivity contribution is 6.14. The van der Waals surface area contributed by atoms with Crippen molar-refractivity contribution in [2.75, 3.05) is 14.2 Å². The van der Waals surface area contributed by atoms with E-state index in [2.05, 4.69) is 23.3 Å². The molecular weight excluding hydrogens is 596 g/mol. The van der Waals surface area contributed by atoms with Gasteiger partial charge >= 0.3 is 11.9 Å². The number of aldehydes is 2. The van der Waals surface area contributed by atoms with Crippen molar-refractivity contribution in [3.05, 3.63) is 118 Å². The van der Waals surface area contributed by atoms with Gasteiger partial charge < -0.3 is 18.9 Å². The van der Waals surface area contributed by atoms with Crippen LogP contribution in [0.4, 0.5) is 0 Å². The molecule has 0 fully saturated rings. The van der Waals surface area contributed by atoms with Crippen molar-refractivity contribution in [3.63, 3.8) is 0 Å². The summed E-state index contributed by atoms with van der Waals surface area (Å²) in [5.74, 6) is 0.755. The van der Waals surface area contributed by atoms with Crippen molar-refractivity contribution < 1.29 is 38.1 Å². The average Bonchev–Trinajstić information content (AvgIpc) is 3.40. The first-order valence-corrected chi connectivity index (χ1v) is 15.6. The third-order valence-electron chi connectivity index (χ3n) is 6.55. The summed E-state index contributed by atoms with van der Waals surface area (Å²) in [6.07, 6.45) is 1.26. The summed E-state index contributed by atoms with van der Waals surface area (Å²) in [5.41, 5.74) is 2.81. The summed E-state index contributed by atoms with van der Waals surface area (Å²) in [7, 11) is 3.25. The Morgan fingerprint density at radius 1 is 0.532 bits per heavy atom. The van der Waals surface area contributed by atoms with Gasteiger partial charge in [-0.05, 0) is 71.8 Å². The van der Waals surface area contributed by atoms with Gasteiger partial charge in [0.25, 0.3) is 0 Å². The number of hydrogen-bond donors (Lipinski definition) is 0. The Kier molecular flexibility index (Phi) is 17.1. The number of esters is 2. The number of benzene rings is 4. The van der Waals surface area contributed by atoms with E-state index in [0.717, 1.165) is 11.1 Å². The van der Waals surface area contributed by atoms with Crippen LogP contribution in [0.2, 0.25) is 0 Å². The molecular formula is C39H46O8. The number of rotatable bonds is 8. The van der Waals surface area contributed by atoms with E-state index >= 15 is 0 Å². The average molecular weight is 643 g/mol. The van der Waals surface area contributed by atoms with Gasteiger partial charge in [0, 0.05) is 30.8 Å². The van der Waals surface area contributed by atoms with Crippen molar-refractivity contribution in [1.82, 2.24) is 0 Å². The van der Waals surface area contributed by atoms with Gasteiger partial charge in [0.05, 0.1) is 11.1 Å². The molecule has 0 spiro atoms. The van der Waals surface area contributed by atoms with Crippen LogP contribution in [-0.2, 0) is 14.9 Å². The Bertz CT molecular complexity index is 1590. The van der Waals surface area contributed by atoms with Crippen LogP contribution in [0.3, 0.4) is 0 Å². The smallest absolute Gasteiger partial charge is 0.347 e. The summed E-state index contributed by atoms with van der Waals surface area (Å²) in [6, 6.07) is 24.7. The Morgan fingerprint density at radius 2 is 0.915 bits per heavy atom. The molecule has 8 heteroatoms. The second-order valence-corrected chi connectivity index (χ2v) is 9.70. The largest absolute Gasteiger partial charge is 0.457 e. The topological polar surface area (TPSA) is 105 Å². The Hall–Kier alpha value is -5.08. The lowest BCUT2D eigenvalue weighted by Gasteiger charge is -2.26. The molecule has 0 atom stereocenters. The highest BCUT2D eigenvalue weighted by Crippen LogP contribution is 2.35. The summed E-state index contributed by atoms with van der Waals surface area (Å²) in [6.45, 7) is 16.2. The fraction of sp³-hybridized carbons (Fsp3) is 0.282. The first kappa shape index (κ1) is 39.9. The zero-order chi connectivity index (χ0) is 35.6. The van der Waals surface area contributed by atoms with Crippen LogP contribution in [0.25, 0.3) is 0 Å². The second kappa shape index (κ2) is 20.1. The molecule has 0 unspecified atom stereocenters. The normalized spacial score (nSPS) is 10.9. The molecule has 4 aromatic carbocycles. The van der Waals surface area contributed by atoms with Crippen molar-refractivity contribution in [3.8, 4) is 23.0 Å². The van der Waals surface area contributed by atoms with E-state index < -0.39 is 11.9 Å². The van der Waals surface area contributed by atoms with Gasteiger partial charge in [0.15, 0.2) is 12.6 Å². The molecule has 0 saturated heterocycles. The van der Waals surface area contributed by atoms with Crippen LogP contribution in [-0.4, -0.2) is 38.7 Å². The molecule has 0 saturated carbocycles. The predicted molar refractivity (Wildman–Crippen MR) is 186 cm³/mol. The lowest BCUT2D eigenvalue weighted by molar-refractivity contribution is 0.0443. The zero-order valence-electron chi connectivity index (χ0n) is 29.0. The number of hydrogen-bond acceptors (Lipinski definition) is 8. The van der Waals surface area contributed by atoms with E-state index in [1.807, 2.05) is 90.1 Å². The molecule has 8 nitrogen and oxygen atoms in total. The number of methoxy groups -OCH3 is 1. The number of carbonyl (C=O) groups excluding carboxylic acids is 4. The monoisotopic (exact) mass is 642 g/mol. The van der Waals surface area contributed by atoms with Crippen molar-refractivity contribution in [2.45, 2.75) is 60.8 Å². The van der Waals surface area contributed by atoms with Crippen molar-refractivity contribution in [1.29, 1.82) is 0 Å². The molecule has 1 aliphatic rings. The molecule has 1 heterocycles. The van der Waals surface area contributed by atoms with E-state index in [-0.39, 0.29) is 22.1 Å². The van der Waals surface area contributed by atoms with E-state index in [1.165, 1.54) is 18.2 Å². The second-order valence-electron chi connectivity index (χ2n) is 9.70. The van der Waals surface area contributed by atoms with E-state index in [0.29, 0.717) is 41.1 Å². The summed E-state index contributed by atoms with van der Waals surface area (Å²) in [5, 5.41) is 0. The number of cyclic esters (lactones) is 2. The van der Waals surface area contributed by atoms with Crippen LogP contribution in [0.15, 0.2) is 84.9 Å². The van der Waals surface area contributed by atoms with Gasteiger partial charge in [-0.1, -0.05) is 79.7 Å². The molecule has 5 rings (SSSR count). The van der Waals surface area contributed by atoms with E-state index in [4.69, 9.17) is 9.47 Å². The first-order valence-electron chi connectivity index (χ1n) is 15.6. The van der Waals surface area contributed by atoms with E-state index in [9.17, 15) is 19.2 Å². The molecule has 4 aromatic rings. The highest BCUT2D eigenvalue weighted by Gasteiger charge is 2.30. The molecule has 0 bridgehead atoms. The van der Waals surface area contributed by atoms with Gasteiger partial charge in [-0.2, -0.15) is 0 Å². The summed E-state index contributed by atoms with van der Waals surface area (Å²) in [4.78, 5) is 45.7. The summed E-state index contributed by atoms with van der Waals surface area (Å²) < 4.78 is 20.6. The fourth-order valence-electron chi connectivity index (χ4n) is 4.27. The molecule has 250 valence electrons. The summed E-state index contributed by atoms with van der Waals surface area (Å²) >= 11 is 0. The van der Waals surface area contributed by atoms with Crippen LogP contribution in [0.5, 0.6) is 23.0 Å². The van der Waals surface area contributed by atoms with Crippen LogP contribution < -0.4 is 9.47 Å². The highest BCUT2D eigenvalue weighted by atomic mass is 16.6. The first-order chi connectivity index (χ1) is 22.7. The number of fused-ring (bicyclic) bond motifs is 1. The molecule has 0 aliphatic carbocycles. The molecule has 1 aliphatic heterocycles. The van der Waals surface area contributed by atoms with Gasteiger partial charge in [-0.3, -0.25) is 9.59 Å². The molecule has 0 amide bonds. The Morgan fingerprint density at radius 3 is 1.36 bits per heavy atom. The lowest BCUT2D eigenvalue weighted by Crippen LogP contribution is -2.18. The maximum atomic E-state index is 11.8. The maximum absolute atomic E-state index is 11.8. The SMILES string of the molecule is CC.CC.CC.CC(C)(c1ccc(Oc2ccc(C=O)c(C=O)c2)cc1)c1ccc(Oc2ccc3c(c2)C(=O)OC3=O)cc1.COC. The molecule has 0 aromatic heterocycles. The fourth-order valence-corrected chi connectivity index (χ4v) is 4.27. The third-order valence-corrected chi connectivity index (χ3v) is 6.55. The van der Waals surface area contributed by atoms with Gasteiger partial charge in [-0.25, -0.2) is 9.59 Å². The van der Waals surface area contributed by atoms with Crippen LogP contribution in [0, 0.1) is 0 Å². The number of ether oxygens (including phenoxy) is 4. The standard InChI is InChI=1S/C31H22O7.C2H6O.3C2H6/c1-31(2,21-4-9-23(10-5-21)36-25-8-3-19(17-32)20(15-25)18-33)22-6-11-24(12-7-22)37-26-13-14-27-28(16-26)30(35)38-29(27)34;1-3-2;3*1-2/h3-18H,1-2H3;1-2H3;3*1-2H3. The minimum Gasteiger partial charge on any atom is -0.457 e. The molecule has 0 N–H and O–H groups in total. The quantitative estimate of drug-likeness (QED) is 0.106. The maximum Gasteiger partial charge on any atom is 0.347 e.